The molecule has 0 saturated heterocycles. The number of rotatable bonds is 6. The summed E-state index contributed by atoms with van der Waals surface area (Å²) >= 11 is 0. The van der Waals surface area contributed by atoms with E-state index in [1.54, 1.807) is 24.3 Å². The Kier molecular flexibility index (Phi) is 3.64. The SMILES string of the molecule is CS(=O)(=O)c1ccc(NCC2(CCO)CC2)cc1. The van der Waals surface area contributed by atoms with Crippen molar-refractivity contribution < 1.29 is 13.5 Å². The smallest absolute Gasteiger partial charge is 0.175 e. The van der Waals surface area contributed by atoms with Crippen LogP contribution < -0.4 is 5.32 Å². The molecule has 0 bridgehead atoms. The van der Waals surface area contributed by atoms with Gasteiger partial charge in [0.25, 0.3) is 0 Å². The van der Waals surface area contributed by atoms with Crippen LogP contribution in [-0.2, 0) is 9.84 Å². The van der Waals surface area contributed by atoms with Crippen LogP contribution in [-0.4, -0.2) is 32.9 Å². The minimum Gasteiger partial charge on any atom is -0.396 e. The lowest BCUT2D eigenvalue weighted by Gasteiger charge is -2.15. The third kappa shape index (κ3) is 3.23. The monoisotopic (exact) mass is 269 g/mol. The molecule has 0 heterocycles. The van der Waals surface area contributed by atoms with E-state index in [0.717, 1.165) is 31.5 Å². The van der Waals surface area contributed by atoms with E-state index in [1.807, 2.05) is 0 Å². The molecule has 0 radical (unpaired) electrons. The Morgan fingerprint density at radius 1 is 1.28 bits per heavy atom. The van der Waals surface area contributed by atoms with Crippen molar-refractivity contribution in [2.45, 2.75) is 24.2 Å². The first-order valence-electron chi connectivity index (χ1n) is 6.10. The Hall–Kier alpha value is -1.07. The summed E-state index contributed by atoms with van der Waals surface area (Å²) in [6.45, 7) is 1.07. The molecule has 4 nitrogen and oxygen atoms in total. The van der Waals surface area contributed by atoms with Gasteiger partial charge in [-0.25, -0.2) is 8.42 Å². The summed E-state index contributed by atoms with van der Waals surface area (Å²) in [5.74, 6) is 0. The van der Waals surface area contributed by atoms with Gasteiger partial charge in [0.15, 0.2) is 9.84 Å². The van der Waals surface area contributed by atoms with Gasteiger partial charge in [-0.3, -0.25) is 0 Å². The van der Waals surface area contributed by atoms with E-state index in [0.29, 0.717) is 4.90 Å². The maximum atomic E-state index is 11.3. The van der Waals surface area contributed by atoms with Crippen LogP contribution in [0.2, 0.25) is 0 Å². The summed E-state index contributed by atoms with van der Waals surface area (Å²) in [5, 5.41) is 12.3. The van der Waals surface area contributed by atoms with Crippen LogP contribution in [0.3, 0.4) is 0 Å². The van der Waals surface area contributed by atoms with Crippen molar-refractivity contribution in [2.75, 3.05) is 24.7 Å². The van der Waals surface area contributed by atoms with E-state index in [-0.39, 0.29) is 12.0 Å². The zero-order valence-corrected chi connectivity index (χ0v) is 11.3. The highest BCUT2D eigenvalue weighted by molar-refractivity contribution is 7.90. The van der Waals surface area contributed by atoms with Gasteiger partial charge in [0.2, 0.25) is 0 Å². The van der Waals surface area contributed by atoms with Gasteiger partial charge in [-0.15, -0.1) is 0 Å². The first-order valence-corrected chi connectivity index (χ1v) is 7.99. The van der Waals surface area contributed by atoms with E-state index in [9.17, 15) is 8.42 Å². The molecular weight excluding hydrogens is 250 g/mol. The highest BCUT2D eigenvalue weighted by Crippen LogP contribution is 2.48. The number of hydrogen-bond acceptors (Lipinski definition) is 4. The van der Waals surface area contributed by atoms with Crippen molar-refractivity contribution in [3.05, 3.63) is 24.3 Å². The highest BCUT2D eigenvalue weighted by Gasteiger charge is 2.41. The second kappa shape index (κ2) is 4.90. The first kappa shape index (κ1) is 13.4. The van der Waals surface area contributed by atoms with E-state index >= 15 is 0 Å². The summed E-state index contributed by atoms with van der Waals surface area (Å²) in [7, 11) is -3.12. The fourth-order valence-corrected chi connectivity index (χ4v) is 2.67. The summed E-state index contributed by atoms with van der Waals surface area (Å²) < 4.78 is 22.6. The molecule has 0 amide bonds. The number of benzene rings is 1. The van der Waals surface area contributed by atoms with E-state index in [1.165, 1.54) is 6.26 Å². The summed E-state index contributed by atoms with van der Waals surface area (Å²) in [6.07, 6.45) is 4.35. The average Bonchev–Trinajstić information content (AvgIpc) is 3.07. The lowest BCUT2D eigenvalue weighted by Crippen LogP contribution is -2.16. The Balaban J connectivity index is 1.95. The zero-order valence-electron chi connectivity index (χ0n) is 10.5. The molecule has 1 aliphatic rings. The molecular formula is C13H19NO3S. The van der Waals surface area contributed by atoms with Gasteiger partial charge in [0, 0.05) is 25.1 Å². The van der Waals surface area contributed by atoms with Crippen LogP contribution in [0.1, 0.15) is 19.3 Å². The molecule has 0 aromatic heterocycles. The van der Waals surface area contributed by atoms with E-state index < -0.39 is 9.84 Å². The van der Waals surface area contributed by atoms with Gasteiger partial charge in [0.05, 0.1) is 4.90 Å². The normalized spacial score (nSPS) is 17.4. The summed E-state index contributed by atoms with van der Waals surface area (Å²) in [6, 6.07) is 6.80. The van der Waals surface area contributed by atoms with Crippen LogP contribution in [0.25, 0.3) is 0 Å². The van der Waals surface area contributed by atoms with Crippen molar-refractivity contribution >= 4 is 15.5 Å². The molecule has 1 aromatic carbocycles. The molecule has 0 atom stereocenters. The largest absolute Gasteiger partial charge is 0.396 e. The lowest BCUT2D eigenvalue weighted by molar-refractivity contribution is 0.253. The van der Waals surface area contributed by atoms with Crippen LogP contribution in [0.15, 0.2) is 29.2 Å². The predicted octanol–water partition coefficient (Wildman–Crippen LogP) is 1.66. The third-order valence-electron chi connectivity index (χ3n) is 3.55. The quantitative estimate of drug-likeness (QED) is 0.824. The van der Waals surface area contributed by atoms with Crippen LogP contribution in [0.5, 0.6) is 0 Å². The molecule has 5 heteroatoms. The van der Waals surface area contributed by atoms with Crippen molar-refractivity contribution in [2.24, 2.45) is 5.41 Å². The van der Waals surface area contributed by atoms with Gasteiger partial charge < -0.3 is 10.4 Å². The molecule has 2 N–H and O–H groups in total. The molecule has 1 fully saturated rings. The predicted molar refractivity (Wildman–Crippen MR) is 71.4 cm³/mol. The van der Waals surface area contributed by atoms with Gasteiger partial charge in [0.1, 0.15) is 0 Å². The minimum absolute atomic E-state index is 0.231. The molecule has 0 aliphatic heterocycles. The molecule has 0 spiro atoms. The number of aliphatic hydroxyl groups excluding tert-OH is 1. The molecule has 100 valence electrons. The molecule has 1 aromatic rings. The zero-order chi connectivity index (χ0) is 13.2. The number of aliphatic hydroxyl groups is 1. The maximum absolute atomic E-state index is 11.3. The Labute approximate surface area is 108 Å². The molecule has 2 rings (SSSR count). The fraction of sp³-hybridized carbons (Fsp3) is 0.538. The lowest BCUT2D eigenvalue weighted by atomic mass is 10.0. The van der Waals surface area contributed by atoms with E-state index in [4.69, 9.17) is 5.11 Å². The van der Waals surface area contributed by atoms with Crippen molar-refractivity contribution in [1.82, 2.24) is 0 Å². The molecule has 18 heavy (non-hydrogen) atoms. The van der Waals surface area contributed by atoms with Gasteiger partial charge in [-0.1, -0.05) is 0 Å². The summed E-state index contributed by atoms with van der Waals surface area (Å²) in [4.78, 5) is 0.338. The van der Waals surface area contributed by atoms with Crippen LogP contribution >= 0.6 is 0 Å². The Bertz CT molecular complexity index is 504. The fourth-order valence-electron chi connectivity index (χ4n) is 2.04. The van der Waals surface area contributed by atoms with Gasteiger partial charge in [-0.05, 0) is 48.9 Å². The average molecular weight is 269 g/mol. The van der Waals surface area contributed by atoms with E-state index in [2.05, 4.69) is 5.32 Å². The number of nitrogens with one attached hydrogen (secondary N) is 1. The number of hydrogen-bond donors (Lipinski definition) is 2. The third-order valence-corrected chi connectivity index (χ3v) is 4.68. The van der Waals surface area contributed by atoms with Crippen molar-refractivity contribution in [1.29, 1.82) is 0 Å². The topological polar surface area (TPSA) is 66.4 Å². The first-order chi connectivity index (χ1) is 8.45. The number of sulfone groups is 1. The van der Waals surface area contributed by atoms with Crippen molar-refractivity contribution in [3.63, 3.8) is 0 Å². The second-order valence-electron chi connectivity index (χ2n) is 5.12. The Morgan fingerprint density at radius 2 is 1.89 bits per heavy atom. The maximum Gasteiger partial charge on any atom is 0.175 e. The highest BCUT2D eigenvalue weighted by atomic mass is 32.2. The Morgan fingerprint density at radius 3 is 2.33 bits per heavy atom. The second-order valence-corrected chi connectivity index (χ2v) is 7.14. The van der Waals surface area contributed by atoms with Crippen molar-refractivity contribution in [3.8, 4) is 0 Å². The van der Waals surface area contributed by atoms with Gasteiger partial charge in [-0.2, -0.15) is 0 Å². The number of anilines is 1. The molecule has 1 saturated carbocycles. The van der Waals surface area contributed by atoms with Crippen LogP contribution in [0, 0.1) is 5.41 Å². The standard InChI is InChI=1S/C13H19NO3S/c1-18(16,17)12-4-2-11(3-5-12)14-10-13(6-7-13)8-9-15/h2-5,14-15H,6-10H2,1H3. The summed E-state index contributed by atoms with van der Waals surface area (Å²) in [5.41, 5.74) is 1.18. The van der Waals surface area contributed by atoms with Gasteiger partial charge >= 0.3 is 0 Å². The minimum atomic E-state index is -3.12. The van der Waals surface area contributed by atoms with Crippen LogP contribution in [0.4, 0.5) is 5.69 Å². The molecule has 0 unspecified atom stereocenters. The molecule has 1 aliphatic carbocycles.